The van der Waals surface area contributed by atoms with Crippen LogP contribution in [0.25, 0.3) is 0 Å². The van der Waals surface area contributed by atoms with Crippen molar-refractivity contribution in [2.75, 3.05) is 25.6 Å². The third kappa shape index (κ3) is 6.64. The normalized spacial score (nSPS) is 10.1. The molecule has 0 radical (unpaired) electrons. The molecule has 28 heavy (non-hydrogen) atoms. The number of thiocarbonyl (C=S) groups is 1. The summed E-state index contributed by atoms with van der Waals surface area (Å²) in [6.45, 7) is 0.372. The molecule has 2 aromatic carbocycles. The fourth-order valence-electron chi connectivity index (χ4n) is 2.42. The van der Waals surface area contributed by atoms with E-state index >= 15 is 0 Å². The van der Waals surface area contributed by atoms with Gasteiger partial charge in [-0.05, 0) is 48.5 Å². The van der Waals surface area contributed by atoms with Gasteiger partial charge in [-0.3, -0.25) is 9.59 Å². The second-order valence-corrected chi connectivity index (χ2v) is 6.31. The fourth-order valence-corrected chi connectivity index (χ4v) is 2.64. The lowest BCUT2D eigenvalue weighted by atomic mass is 10.1. The lowest BCUT2D eigenvalue weighted by Gasteiger charge is -2.13. The van der Waals surface area contributed by atoms with E-state index in [4.69, 9.17) is 22.1 Å². The van der Waals surface area contributed by atoms with Crippen molar-refractivity contribution >= 4 is 34.8 Å². The molecule has 0 saturated heterocycles. The topological polar surface area (TPSA) is 99.7 Å². The van der Waals surface area contributed by atoms with E-state index in [1.54, 1.807) is 55.6 Å². The van der Waals surface area contributed by atoms with Crippen LogP contribution >= 0.6 is 12.2 Å². The first kappa shape index (κ1) is 21.3. The number of methoxy groups -OCH3 is 1. The van der Waals surface area contributed by atoms with E-state index in [1.165, 1.54) is 0 Å². The molecule has 2 amide bonds. The Morgan fingerprint density at radius 2 is 1.82 bits per heavy atom. The molecule has 7 nitrogen and oxygen atoms in total. The van der Waals surface area contributed by atoms with E-state index in [0.717, 1.165) is 11.3 Å². The number of benzene rings is 2. The molecule has 0 spiro atoms. The number of para-hydroxylation sites is 1. The minimum atomic E-state index is -0.288. The SMILES string of the molecule is COc1ccc(CC(=O)NC(=S)Nc2ccccc2C(=O)NCCCO)cc1. The summed E-state index contributed by atoms with van der Waals surface area (Å²) in [6, 6.07) is 14.0. The van der Waals surface area contributed by atoms with Gasteiger partial charge < -0.3 is 25.8 Å². The van der Waals surface area contributed by atoms with Crippen LogP contribution in [-0.4, -0.2) is 42.3 Å². The maximum absolute atomic E-state index is 12.3. The second kappa shape index (κ2) is 11.0. The van der Waals surface area contributed by atoms with Crippen molar-refractivity contribution in [2.24, 2.45) is 0 Å². The van der Waals surface area contributed by atoms with Crippen LogP contribution in [0.4, 0.5) is 5.69 Å². The molecule has 4 N–H and O–H groups in total. The molecule has 0 saturated carbocycles. The molecule has 148 valence electrons. The molecule has 0 unspecified atom stereocenters. The molecule has 8 heteroatoms. The maximum atomic E-state index is 12.3. The van der Waals surface area contributed by atoms with Gasteiger partial charge in [0.1, 0.15) is 5.75 Å². The smallest absolute Gasteiger partial charge is 0.253 e. The third-order valence-electron chi connectivity index (χ3n) is 3.82. The Morgan fingerprint density at radius 3 is 2.50 bits per heavy atom. The van der Waals surface area contributed by atoms with Crippen LogP contribution in [0.15, 0.2) is 48.5 Å². The summed E-state index contributed by atoms with van der Waals surface area (Å²) in [5.74, 6) is 0.159. The number of nitrogens with one attached hydrogen (secondary N) is 3. The highest BCUT2D eigenvalue weighted by molar-refractivity contribution is 7.80. The van der Waals surface area contributed by atoms with Gasteiger partial charge in [-0.25, -0.2) is 0 Å². The number of hydrogen-bond donors (Lipinski definition) is 4. The lowest BCUT2D eigenvalue weighted by Crippen LogP contribution is -2.36. The van der Waals surface area contributed by atoms with Crippen LogP contribution in [-0.2, 0) is 11.2 Å². The molecule has 0 aliphatic carbocycles. The summed E-state index contributed by atoms with van der Waals surface area (Å²) in [4.78, 5) is 24.5. The van der Waals surface area contributed by atoms with E-state index in [2.05, 4.69) is 16.0 Å². The third-order valence-corrected chi connectivity index (χ3v) is 4.02. The Kier molecular flexibility index (Phi) is 8.38. The minimum absolute atomic E-state index is 0.00445. The monoisotopic (exact) mass is 401 g/mol. The van der Waals surface area contributed by atoms with Crippen LogP contribution in [0, 0.1) is 0 Å². The molecule has 0 fully saturated rings. The van der Waals surface area contributed by atoms with Gasteiger partial charge in [0.25, 0.3) is 5.91 Å². The van der Waals surface area contributed by atoms with Crippen LogP contribution in [0.5, 0.6) is 5.75 Å². The van der Waals surface area contributed by atoms with Crippen molar-refractivity contribution in [3.8, 4) is 5.75 Å². The summed E-state index contributed by atoms with van der Waals surface area (Å²) < 4.78 is 5.09. The molecule has 0 heterocycles. The summed E-state index contributed by atoms with van der Waals surface area (Å²) in [7, 11) is 1.58. The van der Waals surface area contributed by atoms with Gasteiger partial charge in [0.05, 0.1) is 24.8 Å². The van der Waals surface area contributed by atoms with E-state index in [9.17, 15) is 9.59 Å². The van der Waals surface area contributed by atoms with E-state index in [1.807, 2.05) is 0 Å². The summed E-state index contributed by atoms with van der Waals surface area (Å²) in [5, 5.41) is 17.1. The molecular weight excluding hydrogens is 378 g/mol. The first-order chi connectivity index (χ1) is 13.5. The number of ether oxygens (including phenoxy) is 1. The molecule has 0 aromatic heterocycles. The molecular formula is C20H23N3O4S. The van der Waals surface area contributed by atoms with Gasteiger partial charge in [-0.15, -0.1) is 0 Å². The molecule has 0 atom stereocenters. The average Bonchev–Trinajstić information content (AvgIpc) is 2.69. The summed E-state index contributed by atoms with van der Waals surface area (Å²) in [6.07, 6.45) is 0.635. The van der Waals surface area contributed by atoms with Gasteiger partial charge >= 0.3 is 0 Å². The van der Waals surface area contributed by atoms with Gasteiger partial charge in [-0.2, -0.15) is 0 Å². The predicted molar refractivity (Wildman–Crippen MR) is 112 cm³/mol. The maximum Gasteiger partial charge on any atom is 0.253 e. The molecule has 2 rings (SSSR count). The van der Waals surface area contributed by atoms with Crippen molar-refractivity contribution in [2.45, 2.75) is 12.8 Å². The highest BCUT2D eigenvalue weighted by atomic mass is 32.1. The number of carbonyl (C=O) groups is 2. The zero-order valence-corrected chi connectivity index (χ0v) is 16.3. The molecule has 0 aliphatic heterocycles. The lowest BCUT2D eigenvalue weighted by molar-refractivity contribution is -0.119. The fraction of sp³-hybridized carbons (Fsp3) is 0.250. The first-order valence-electron chi connectivity index (χ1n) is 8.75. The number of hydrogen-bond acceptors (Lipinski definition) is 5. The molecule has 0 aliphatic rings. The van der Waals surface area contributed by atoms with Crippen LogP contribution in [0.1, 0.15) is 22.3 Å². The van der Waals surface area contributed by atoms with Gasteiger partial charge in [0.2, 0.25) is 5.91 Å². The number of carbonyl (C=O) groups excluding carboxylic acids is 2. The molecule has 2 aromatic rings. The number of aliphatic hydroxyl groups is 1. The minimum Gasteiger partial charge on any atom is -0.497 e. The summed E-state index contributed by atoms with van der Waals surface area (Å²) >= 11 is 5.19. The Morgan fingerprint density at radius 1 is 1.11 bits per heavy atom. The van der Waals surface area contributed by atoms with Crippen LogP contribution in [0.3, 0.4) is 0 Å². The van der Waals surface area contributed by atoms with Gasteiger partial charge in [-0.1, -0.05) is 24.3 Å². The quantitative estimate of drug-likeness (QED) is 0.398. The van der Waals surface area contributed by atoms with Gasteiger partial charge in [0.15, 0.2) is 5.11 Å². The number of aliphatic hydroxyl groups excluding tert-OH is 1. The Labute approximate surface area is 169 Å². The van der Waals surface area contributed by atoms with E-state index in [-0.39, 0.29) is 30.0 Å². The Bertz CT molecular complexity index is 824. The van der Waals surface area contributed by atoms with Crippen LogP contribution in [0.2, 0.25) is 0 Å². The largest absolute Gasteiger partial charge is 0.497 e. The Hall–Kier alpha value is -2.97. The standard InChI is InChI=1S/C20H23N3O4S/c1-27-15-9-7-14(8-10-15)13-18(25)23-20(28)22-17-6-3-2-5-16(17)19(26)21-11-4-12-24/h2-3,5-10,24H,4,11-13H2,1H3,(H,21,26)(H2,22,23,25,28). The van der Waals surface area contributed by atoms with Crippen molar-refractivity contribution in [1.29, 1.82) is 0 Å². The zero-order valence-electron chi connectivity index (χ0n) is 15.5. The number of rotatable bonds is 8. The van der Waals surface area contributed by atoms with Crippen molar-refractivity contribution in [1.82, 2.24) is 10.6 Å². The summed E-state index contributed by atoms with van der Waals surface area (Å²) in [5.41, 5.74) is 1.70. The van der Waals surface area contributed by atoms with Crippen molar-refractivity contribution in [3.63, 3.8) is 0 Å². The number of anilines is 1. The van der Waals surface area contributed by atoms with Gasteiger partial charge in [0, 0.05) is 13.2 Å². The van der Waals surface area contributed by atoms with Crippen molar-refractivity contribution in [3.05, 3.63) is 59.7 Å². The molecule has 0 bridgehead atoms. The second-order valence-electron chi connectivity index (χ2n) is 5.91. The zero-order chi connectivity index (χ0) is 20.4. The Balaban J connectivity index is 1.93. The van der Waals surface area contributed by atoms with Crippen LogP contribution < -0.4 is 20.7 Å². The average molecular weight is 401 g/mol. The van der Waals surface area contributed by atoms with E-state index < -0.39 is 0 Å². The first-order valence-corrected chi connectivity index (χ1v) is 9.16. The highest BCUT2D eigenvalue weighted by Crippen LogP contribution is 2.15. The number of amides is 2. The predicted octanol–water partition coefficient (Wildman–Crippen LogP) is 1.86. The van der Waals surface area contributed by atoms with E-state index in [0.29, 0.717) is 24.2 Å². The van der Waals surface area contributed by atoms with Crippen molar-refractivity contribution < 1.29 is 19.4 Å². The highest BCUT2D eigenvalue weighted by Gasteiger charge is 2.13.